The standard InChI is InChI=1S/C14H15ClN4O2S/c15-13-5-3-12(4-6-13)10-19-11-14(9-17-19)18-22(20,21)8-2-1-7-16/h3-6,9,11,18H,1-2,8,10H2. The van der Waals surface area contributed by atoms with Crippen LogP contribution in [0.3, 0.4) is 0 Å². The first-order valence-corrected chi connectivity index (χ1v) is 8.66. The summed E-state index contributed by atoms with van der Waals surface area (Å²) < 4.78 is 27.7. The van der Waals surface area contributed by atoms with Crippen LogP contribution in [-0.2, 0) is 16.6 Å². The molecule has 0 spiro atoms. The van der Waals surface area contributed by atoms with Crippen molar-refractivity contribution in [3.8, 4) is 6.07 Å². The summed E-state index contributed by atoms with van der Waals surface area (Å²) in [4.78, 5) is 0. The third kappa shape index (κ3) is 5.06. The minimum atomic E-state index is -3.44. The van der Waals surface area contributed by atoms with Gasteiger partial charge < -0.3 is 0 Å². The first kappa shape index (κ1) is 16.3. The molecule has 1 aromatic heterocycles. The lowest BCUT2D eigenvalue weighted by Crippen LogP contribution is -2.16. The fourth-order valence-corrected chi connectivity index (χ4v) is 3.07. The second-order valence-corrected chi connectivity index (χ2v) is 7.01. The van der Waals surface area contributed by atoms with E-state index in [-0.39, 0.29) is 12.2 Å². The van der Waals surface area contributed by atoms with Crippen molar-refractivity contribution in [2.75, 3.05) is 10.5 Å². The van der Waals surface area contributed by atoms with E-state index in [0.29, 0.717) is 23.7 Å². The lowest BCUT2D eigenvalue weighted by Gasteiger charge is -2.04. The summed E-state index contributed by atoms with van der Waals surface area (Å²) in [6.45, 7) is 0.521. The summed E-state index contributed by atoms with van der Waals surface area (Å²) in [5.74, 6) is -0.0804. The van der Waals surface area contributed by atoms with E-state index >= 15 is 0 Å². The molecule has 0 bridgehead atoms. The number of aromatic nitrogens is 2. The van der Waals surface area contributed by atoms with E-state index in [4.69, 9.17) is 16.9 Å². The van der Waals surface area contributed by atoms with Crippen LogP contribution in [0, 0.1) is 11.3 Å². The highest BCUT2D eigenvalue weighted by atomic mass is 35.5. The number of nitrogens with zero attached hydrogens (tertiary/aromatic N) is 3. The average molecular weight is 339 g/mol. The van der Waals surface area contributed by atoms with Gasteiger partial charge in [-0.1, -0.05) is 23.7 Å². The highest BCUT2D eigenvalue weighted by molar-refractivity contribution is 7.92. The Morgan fingerprint density at radius 2 is 2.05 bits per heavy atom. The van der Waals surface area contributed by atoms with Gasteiger partial charge in [0.15, 0.2) is 0 Å². The van der Waals surface area contributed by atoms with Crippen molar-refractivity contribution in [2.45, 2.75) is 19.4 Å². The fraction of sp³-hybridized carbons (Fsp3) is 0.286. The van der Waals surface area contributed by atoms with Crippen LogP contribution >= 0.6 is 11.6 Å². The van der Waals surface area contributed by atoms with Crippen LogP contribution in [0.4, 0.5) is 5.69 Å². The van der Waals surface area contributed by atoms with E-state index in [1.165, 1.54) is 6.20 Å². The van der Waals surface area contributed by atoms with Crippen molar-refractivity contribution in [3.63, 3.8) is 0 Å². The van der Waals surface area contributed by atoms with E-state index in [1.807, 2.05) is 18.2 Å². The van der Waals surface area contributed by atoms with Gasteiger partial charge in [-0.05, 0) is 24.1 Å². The zero-order chi connectivity index (χ0) is 16.0. The molecule has 6 nitrogen and oxygen atoms in total. The molecular weight excluding hydrogens is 324 g/mol. The molecule has 1 aromatic carbocycles. The van der Waals surface area contributed by atoms with E-state index in [1.54, 1.807) is 23.0 Å². The third-order valence-electron chi connectivity index (χ3n) is 2.87. The molecule has 8 heteroatoms. The number of hydrogen-bond donors (Lipinski definition) is 1. The Balaban J connectivity index is 1.96. The number of halogens is 1. The Morgan fingerprint density at radius 3 is 2.73 bits per heavy atom. The van der Waals surface area contributed by atoms with Gasteiger partial charge in [0, 0.05) is 17.6 Å². The number of anilines is 1. The lowest BCUT2D eigenvalue weighted by atomic mass is 10.2. The minimum absolute atomic E-state index is 0.0804. The minimum Gasteiger partial charge on any atom is -0.280 e. The predicted molar refractivity (Wildman–Crippen MR) is 85.0 cm³/mol. The molecule has 0 unspecified atom stereocenters. The Bertz CT molecular complexity index is 763. The van der Waals surface area contributed by atoms with Gasteiger partial charge in [-0.25, -0.2) is 8.42 Å². The number of rotatable bonds is 7. The highest BCUT2D eigenvalue weighted by Crippen LogP contribution is 2.13. The van der Waals surface area contributed by atoms with Crippen molar-refractivity contribution < 1.29 is 8.42 Å². The van der Waals surface area contributed by atoms with E-state index in [9.17, 15) is 8.42 Å². The number of unbranched alkanes of at least 4 members (excludes halogenated alkanes) is 1. The van der Waals surface area contributed by atoms with Gasteiger partial charge in [-0.2, -0.15) is 10.4 Å². The molecule has 2 rings (SSSR count). The second-order valence-electron chi connectivity index (χ2n) is 4.74. The maximum Gasteiger partial charge on any atom is 0.232 e. The number of nitriles is 1. The topological polar surface area (TPSA) is 87.8 Å². The summed E-state index contributed by atoms with van der Waals surface area (Å²) in [7, 11) is -3.44. The number of hydrogen-bond acceptors (Lipinski definition) is 4. The highest BCUT2D eigenvalue weighted by Gasteiger charge is 2.11. The summed E-state index contributed by atoms with van der Waals surface area (Å²) in [6, 6.07) is 9.27. The van der Waals surface area contributed by atoms with Gasteiger partial charge in [0.1, 0.15) is 0 Å². The van der Waals surface area contributed by atoms with Crippen LogP contribution in [-0.4, -0.2) is 24.0 Å². The molecule has 116 valence electrons. The number of benzene rings is 1. The van der Waals surface area contributed by atoms with Gasteiger partial charge >= 0.3 is 0 Å². The van der Waals surface area contributed by atoms with Crippen LogP contribution in [0.2, 0.25) is 5.02 Å². The molecule has 1 N–H and O–H groups in total. The molecule has 0 fully saturated rings. The monoisotopic (exact) mass is 338 g/mol. The quantitative estimate of drug-likeness (QED) is 0.786. The first-order valence-electron chi connectivity index (χ1n) is 6.63. The smallest absolute Gasteiger partial charge is 0.232 e. The SMILES string of the molecule is N#CCCCS(=O)(=O)Nc1cnn(Cc2ccc(Cl)cc2)c1. The summed E-state index contributed by atoms with van der Waals surface area (Å²) in [5, 5.41) is 13.2. The molecule has 0 aliphatic carbocycles. The molecule has 1 heterocycles. The summed E-state index contributed by atoms with van der Waals surface area (Å²) >= 11 is 5.82. The molecule has 0 aliphatic heterocycles. The van der Waals surface area contributed by atoms with Crippen LogP contribution < -0.4 is 4.72 Å². The van der Waals surface area contributed by atoms with Crippen molar-refractivity contribution in [1.29, 1.82) is 5.26 Å². The van der Waals surface area contributed by atoms with Crippen LogP contribution in [0.15, 0.2) is 36.7 Å². The molecule has 22 heavy (non-hydrogen) atoms. The molecule has 2 aromatic rings. The molecular formula is C14H15ClN4O2S. The second kappa shape index (κ2) is 7.29. The zero-order valence-electron chi connectivity index (χ0n) is 11.7. The molecule has 0 saturated heterocycles. The Kier molecular flexibility index (Phi) is 5.41. The Hall–Kier alpha value is -2.04. The zero-order valence-corrected chi connectivity index (χ0v) is 13.3. The Morgan fingerprint density at radius 1 is 1.32 bits per heavy atom. The van der Waals surface area contributed by atoms with E-state index in [2.05, 4.69) is 9.82 Å². The molecule has 0 radical (unpaired) electrons. The summed E-state index contributed by atoms with van der Waals surface area (Å²) in [6.07, 6.45) is 3.61. The van der Waals surface area contributed by atoms with E-state index in [0.717, 1.165) is 5.56 Å². The molecule has 0 saturated carbocycles. The largest absolute Gasteiger partial charge is 0.280 e. The maximum absolute atomic E-state index is 11.8. The molecule has 0 amide bonds. The summed E-state index contributed by atoms with van der Waals surface area (Å²) in [5.41, 5.74) is 1.42. The third-order valence-corrected chi connectivity index (χ3v) is 4.49. The normalized spacial score (nSPS) is 11.1. The fourth-order valence-electron chi connectivity index (χ4n) is 1.85. The first-order chi connectivity index (χ1) is 10.5. The van der Waals surface area contributed by atoms with Gasteiger partial charge in [0.2, 0.25) is 10.0 Å². The average Bonchev–Trinajstić information content (AvgIpc) is 2.88. The van der Waals surface area contributed by atoms with Crippen molar-refractivity contribution in [1.82, 2.24) is 9.78 Å². The maximum atomic E-state index is 11.8. The van der Waals surface area contributed by atoms with Crippen molar-refractivity contribution in [2.24, 2.45) is 0 Å². The van der Waals surface area contributed by atoms with Crippen LogP contribution in [0.5, 0.6) is 0 Å². The van der Waals surface area contributed by atoms with Crippen LogP contribution in [0.25, 0.3) is 0 Å². The lowest BCUT2D eigenvalue weighted by molar-refractivity contribution is 0.599. The van der Waals surface area contributed by atoms with Gasteiger partial charge in [-0.15, -0.1) is 0 Å². The van der Waals surface area contributed by atoms with E-state index < -0.39 is 10.0 Å². The van der Waals surface area contributed by atoms with Gasteiger partial charge in [-0.3, -0.25) is 9.40 Å². The van der Waals surface area contributed by atoms with Crippen molar-refractivity contribution >= 4 is 27.3 Å². The molecule has 0 atom stereocenters. The number of nitrogens with one attached hydrogen (secondary N) is 1. The molecule has 0 aliphatic rings. The Labute approximate surface area is 134 Å². The van der Waals surface area contributed by atoms with Gasteiger partial charge in [0.25, 0.3) is 0 Å². The van der Waals surface area contributed by atoms with Gasteiger partial charge in [0.05, 0.1) is 30.3 Å². The van der Waals surface area contributed by atoms with Crippen LogP contribution in [0.1, 0.15) is 18.4 Å². The number of sulfonamides is 1. The predicted octanol–water partition coefficient (Wildman–Crippen LogP) is 2.63. The van der Waals surface area contributed by atoms with Crippen molar-refractivity contribution in [3.05, 3.63) is 47.2 Å².